The summed E-state index contributed by atoms with van der Waals surface area (Å²) in [6, 6.07) is 3.06. The van der Waals surface area contributed by atoms with Crippen LogP contribution in [0.3, 0.4) is 0 Å². The highest BCUT2D eigenvalue weighted by atomic mass is 32.2. The summed E-state index contributed by atoms with van der Waals surface area (Å²) >= 11 is 1.44. The molecule has 3 heterocycles. The van der Waals surface area contributed by atoms with Crippen molar-refractivity contribution >= 4 is 33.2 Å². The Labute approximate surface area is 158 Å². The van der Waals surface area contributed by atoms with Crippen LogP contribution in [0.5, 0.6) is 0 Å². The van der Waals surface area contributed by atoms with Gasteiger partial charge >= 0.3 is 0 Å². The average molecular weight is 400 g/mol. The number of amides is 2. The van der Waals surface area contributed by atoms with Crippen molar-refractivity contribution < 1.29 is 18.0 Å². The van der Waals surface area contributed by atoms with Gasteiger partial charge in [-0.15, -0.1) is 11.3 Å². The molecule has 0 radical (unpaired) electrons. The van der Waals surface area contributed by atoms with Gasteiger partial charge in [-0.05, 0) is 31.4 Å². The van der Waals surface area contributed by atoms with E-state index in [0.29, 0.717) is 24.4 Å². The number of hydrogen-bond donors (Lipinski definition) is 1. The maximum Gasteiger partial charge on any atom is 0.261 e. The predicted octanol–water partition coefficient (Wildman–Crippen LogP) is 1.06. The lowest BCUT2D eigenvalue weighted by Gasteiger charge is -2.25. The number of carbonyl (C=O) groups is 2. The van der Waals surface area contributed by atoms with Crippen LogP contribution in [-0.4, -0.2) is 66.9 Å². The third-order valence-electron chi connectivity index (χ3n) is 4.74. The molecule has 0 unspecified atom stereocenters. The minimum Gasteiger partial charge on any atom is -0.347 e. The third-order valence-corrected chi connectivity index (χ3v) is 7.44. The Hall–Kier alpha value is -1.45. The van der Waals surface area contributed by atoms with Gasteiger partial charge in [0.25, 0.3) is 11.8 Å². The largest absolute Gasteiger partial charge is 0.347 e. The number of rotatable bonds is 4. The predicted molar refractivity (Wildman–Crippen MR) is 101 cm³/mol. The summed E-state index contributed by atoms with van der Waals surface area (Å²) in [7, 11) is -3.57. The standard InChI is InChI=1S/C17H25N3O4S2/c1-11(2)9-20-17(22)14-8-13(10-19(14)6-7-26(20,23)24)18-16(21)15-5-4-12(3)25-15/h4-5,11,13-14H,6-10H2,1-3H3,(H,18,21)/t13-,14-/m0/s1. The number of carbonyl (C=O) groups excluding carboxylic acids is 2. The highest BCUT2D eigenvalue weighted by Gasteiger charge is 2.45. The normalized spacial score (nSPS) is 26.0. The number of fused-ring (bicyclic) bond motifs is 1. The summed E-state index contributed by atoms with van der Waals surface area (Å²) in [6.07, 6.45) is 0.443. The van der Waals surface area contributed by atoms with Gasteiger partial charge in [0.2, 0.25) is 10.0 Å². The monoisotopic (exact) mass is 399 g/mol. The maximum atomic E-state index is 12.9. The molecule has 2 saturated heterocycles. The Morgan fingerprint density at radius 1 is 1.38 bits per heavy atom. The van der Waals surface area contributed by atoms with Gasteiger partial charge in [-0.3, -0.25) is 14.5 Å². The molecule has 0 aromatic carbocycles. The number of sulfonamides is 1. The van der Waals surface area contributed by atoms with Crippen molar-refractivity contribution in [3.8, 4) is 0 Å². The van der Waals surface area contributed by atoms with E-state index in [0.717, 1.165) is 9.18 Å². The van der Waals surface area contributed by atoms with E-state index in [1.54, 1.807) is 6.07 Å². The first kappa shape index (κ1) is 19.3. The fourth-order valence-corrected chi connectivity index (χ4v) is 5.88. The van der Waals surface area contributed by atoms with Gasteiger partial charge in [0.1, 0.15) is 0 Å². The van der Waals surface area contributed by atoms with Crippen LogP contribution in [0.25, 0.3) is 0 Å². The zero-order valence-electron chi connectivity index (χ0n) is 15.3. The van der Waals surface area contributed by atoms with Gasteiger partial charge in [0.15, 0.2) is 0 Å². The lowest BCUT2D eigenvalue weighted by molar-refractivity contribution is -0.130. The second kappa shape index (κ2) is 7.28. The van der Waals surface area contributed by atoms with E-state index in [4.69, 9.17) is 0 Å². The number of thiophene rings is 1. The Morgan fingerprint density at radius 2 is 2.12 bits per heavy atom. The molecule has 0 aliphatic carbocycles. The van der Waals surface area contributed by atoms with Crippen LogP contribution in [-0.2, 0) is 14.8 Å². The lowest BCUT2D eigenvalue weighted by Crippen LogP contribution is -2.45. The van der Waals surface area contributed by atoms with Crippen molar-refractivity contribution in [2.45, 2.75) is 39.3 Å². The number of nitrogens with zero attached hydrogens (tertiary/aromatic N) is 2. The first-order valence-corrected chi connectivity index (χ1v) is 11.3. The van der Waals surface area contributed by atoms with Crippen LogP contribution in [0.15, 0.2) is 12.1 Å². The van der Waals surface area contributed by atoms with Crippen LogP contribution >= 0.6 is 11.3 Å². The fourth-order valence-electron chi connectivity index (χ4n) is 3.51. The van der Waals surface area contributed by atoms with E-state index in [1.165, 1.54) is 11.3 Å². The number of nitrogens with one attached hydrogen (secondary N) is 1. The molecule has 3 rings (SSSR count). The molecule has 7 nitrogen and oxygen atoms in total. The molecule has 2 aliphatic heterocycles. The Bertz CT molecular complexity index is 803. The molecule has 2 amide bonds. The van der Waals surface area contributed by atoms with E-state index < -0.39 is 16.1 Å². The van der Waals surface area contributed by atoms with E-state index in [-0.39, 0.29) is 36.1 Å². The zero-order chi connectivity index (χ0) is 19.1. The number of aryl methyl sites for hydroxylation is 1. The summed E-state index contributed by atoms with van der Waals surface area (Å²) in [5.74, 6) is -0.490. The van der Waals surface area contributed by atoms with Gasteiger partial charge < -0.3 is 5.32 Å². The molecule has 0 bridgehead atoms. The summed E-state index contributed by atoms with van der Waals surface area (Å²) in [4.78, 5) is 28.9. The van der Waals surface area contributed by atoms with Gasteiger partial charge in [-0.25, -0.2) is 12.7 Å². The van der Waals surface area contributed by atoms with Gasteiger partial charge in [0, 0.05) is 30.6 Å². The molecule has 2 aliphatic rings. The van der Waals surface area contributed by atoms with E-state index in [9.17, 15) is 18.0 Å². The summed E-state index contributed by atoms with van der Waals surface area (Å²) in [5, 5.41) is 2.99. The molecule has 2 atom stereocenters. The summed E-state index contributed by atoms with van der Waals surface area (Å²) in [6.45, 7) is 6.76. The van der Waals surface area contributed by atoms with Gasteiger partial charge in [-0.1, -0.05) is 13.8 Å². The molecule has 1 N–H and O–H groups in total. The lowest BCUT2D eigenvalue weighted by atomic mass is 10.1. The highest BCUT2D eigenvalue weighted by molar-refractivity contribution is 7.89. The zero-order valence-corrected chi connectivity index (χ0v) is 16.9. The number of hydrogen-bond acceptors (Lipinski definition) is 6. The molecule has 0 saturated carbocycles. The third kappa shape index (κ3) is 3.94. The van der Waals surface area contributed by atoms with Crippen molar-refractivity contribution in [3.05, 3.63) is 21.9 Å². The van der Waals surface area contributed by atoms with Crippen LogP contribution in [0.4, 0.5) is 0 Å². The molecule has 0 spiro atoms. The van der Waals surface area contributed by atoms with Crippen molar-refractivity contribution in [1.82, 2.24) is 14.5 Å². The van der Waals surface area contributed by atoms with Crippen molar-refractivity contribution in [1.29, 1.82) is 0 Å². The van der Waals surface area contributed by atoms with Crippen LogP contribution in [0.1, 0.15) is 34.8 Å². The summed E-state index contributed by atoms with van der Waals surface area (Å²) < 4.78 is 25.9. The highest BCUT2D eigenvalue weighted by Crippen LogP contribution is 2.26. The molecule has 144 valence electrons. The van der Waals surface area contributed by atoms with Crippen molar-refractivity contribution in [2.75, 3.05) is 25.4 Å². The van der Waals surface area contributed by atoms with E-state index in [2.05, 4.69) is 5.32 Å². The molecular formula is C17H25N3O4S2. The molecule has 1 aromatic rings. The topological polar surface area (TPSA) is 86.8 Å². The van der Waals surface area contributed by atoms with Gasteiger partial charge in [0.05, 0.1) is 16.7 Å². The molecule has 26 heavy (non-hydrogen) atoms. The minimum absolute atomic E-state index is 0.0628. The van der Waals surface area contributed by atoms with Crippen LogP contribution in [0.2, 0.25) is 0 Å². The first-order chi connectivity index (χ1) is 12.2. The van der Waals surface area contributed by atoms with Crippen LogP contribution < -0.4 is 5.32 Å². The minimum atomic E-state index is -3.57. The van der Waals surface area contributed by atoms with Crippen molar-refractivity contribution in [3.63, 3.8) is 0 Å². The molecule has 2 fully saturated rings. The Balaban J connectivity index is 1.71. The quantitative estimate of drug-likeness (QED) is 0.818. The second-order valence-corrected chi connectivity index (χ2v) is 10.7. The molecule has 1 aromatic heterocycles. The molecular weight excluding hydrogens is 374 g/mol. The van der Waals surface area contributed by atoms with Gasteiger partial charge in [-0.2, -0.15) is 0 Å². The maximum absolute atomic E-state index is 12.9. The first-order valence-electron chi connectivity index (χ1n) is 8.83. The second-order valence-electron chi connectivity index (χ2n) is 7.41. The Morgan fingerprint density at radius 3 is 2.73 bits per heavy atom. The Kier molecular flexibility index (Phi) is 5.41. The smallest absolute Gasteiger partial charge is 0.261 e. The average Bonchev–Trinajstić information content (AvgIpc) is 3.14. The fraction of sp³-hybridized carbons (Fsp3) is 0.647. The molecule has 9 heteroatoms. The van der Waals surface area contributed by atoms with Crippen molar-refractivity contribution in [2.24, 2.45) is 5.92 Å². The SMILES string of the molecule is Cc1ccc(C(=O)N[C@H]2C[C@H]3C(=O)N(CC(C)C)S(=O)(=O)CCN3C2)s1. The van der Waals surface area contributed by atoms with E-state index in [1.807, 2.05) is 31.7 Å². The van der Waals surface area contributed by atoms with Crippen LogP contribution in [0, 0.1) is 12.8 Å². The van der Waals surface area contributed by atoms with E-state index >= 15 is 0 Å². The summed E-state index contributed by atoms with van der Waals surface area (Å²) in [5.41, 5.74) is 0.